The predicted octanol–water partition coefficient (Wildman–Crippen LogP) is 2.88. The van der Waals surface area contributed by atoms with Crippen LogP contribution in [0.4, 0.5) is 16.2 Å². The molecule has 7 heteroatoms. The molecule has 2 rings (SSSR count). The summed E-state index contributed by atoms with van der Waals surface area (Å²) in [6.07, 6.45) is 0. The number of benzene rings is 2. The van der Waals surface area contributed by atoms with Crippen LogP contribution >= 0.6 is 0 Å². The van der Waals surface area contributed by atoms with E-state index in [4.69, 9.17) is 14.6 Å². The fourth-order valence-corrected chi connectivity index (χ4v) is 2.06. The van der Waals surface area contributed by atoms with Crippen LogP contribution in [-0.2, 0) is 4.74 Å². The van der Waals surface area contributed by atoms with E-state index in [-0.39, 0.29) is 19.8 Å². The topological polar surface area (TPSA) is 96.9 Å². The van der Waals surface area contributed by atoms with Gasteiger partial charge in [-0.05, 0) is 37.3 Å². The Hall–Kier alpha value is -3.06. The lowest BCUT2D eigenvalue weighted by molar-refractivity contribution is 0.0526. The van der Waals surface area contributed by atoms with E-state index in [1.807, 2.05) is 0 Å². The number of aliphatic hydroxyl groups excluding tert-OH is 1. The molecule has 0 saturated heterocycles. The summed E-state index contributed by atoms with van der Waals surface area (Å²) < 4.78 is 10.2. The molecule has 0 heterocycles. The molecule has 0 saturated carbocycles. The largest absolute Gasteiger partial charge is 0.491 e. The average molecular weight is 344 g/mol. The van der Waals surface area contributed by atoms with Crippen LogP contribution in [0.1, 0.15) is 17.3 Å². The van der Waals surface area contributed by atoms with E-state index >= 15 is 0 Å². The van der Waals surface area contributed by atoms with E-state index in [0.29, 0.717) is 22.7 Å². The van der Waals surface area contributed by atoms with Crippen molar-refractivity contribution in [1.29, 1.82) is 0 Å². The number of anilines is 2. The molecule has 0 unspecified atom stereocenters. The lowest BCUT2D eigenvalue weighted by atomic mass is 10.2. The number of aliphatic hydroxyl groups is 1. The highest BCUT2D eigenvalue weighted by Gasteiger charge is 2.09. The first-order valence-electron chi connectivity index (χ1n) is 7.81. The zero-order valence-electron chi connectivity index (χ0n) is 13.8. The SMILES string of the molecule is CCOC(=O)c1cccc(NC(=O)Nc2cccc(OCCO)c2)c1. The lowest BCUT2D eigenvalue weighted by Crippen LogP contribution is -2.19. The van der Waals surface area contributed by atoms with Crippen LogP contribution in [0.25, 0.3) is 0 Å². The highest BCUT2D eigenvalue weighted by atomic mass is 16.5. The molecule has 132 valence electrons. The Morgan fingerprint density at radius 1 is 1.04 bits per heavy atom. The third kappa shape index (κ3) is 5.82. The van der Waals surface area contributed by atoms with E-state index in [0.717, 1.165) is 0 Å². The van der Waals surface area contributed by atoms with Gasteiger partial charge in [0.2, 0.25) is 0 Å². The number of carbonyl (C=O) groups excluding carboxylic acids is 2. The molecule has 0 spiro atoms. The number of urea groups is 1. The van der Waals surface area contributed by atoms with Gasteiger partial charge in [-0.15, -0.1) is 0 Å². The van der Waals surface area contributed by atoms with E-state index in [1.165, 1.54) is 0 Å². The van der Waals surface area contributed by atoms with Gasteiger partial charge in [0.25, 0.3) is 0 Å². The third-order valence-corrected chi connectivity index (χ3v) is 3.08. The minimum Gasteiger partial charge on any atom is -0.491 e. The Bertz CT molecular complexity index is 733. The predicted molar refractivity (Wildman–Crippen MR) is 94.1 cm³/mol. The Morgan fingerprint density at radius 2 is 1.72 bits per heavy atom. The van der Waals surface area contributed by atoms with Crippen molar-refractivity contribution in [3.63, 3.8) is 0 Å². The fourth-order valence-electron chi connectivity index (χ4n) is 2.06. The van der Waals surface area contributed by atoms with Gasteiger partial charge in [-0.1, -0.05) is 12.1 Å². The number of hydrogen-bond acceptors (Lipinski definition) is 5. The van der Waals surface area contributed by atoms with Crippen molar-refractivity contribution in [3.8, 4) is 5.75 Å². The van der Waals surface area contributed by atoms with Crippen molar-refractivity contribution in [2.75, 3.05) is 30.5 Å². The second-order valence-electron chi connectivity index (χ2n) is 4.98. The molecule has 0 atom stereocenters. The number of rotatable bonds is 7. The van der Waals surface area contributed by atoms with E-state index < -0.39 is 12.0 Å². The van der Waals surface area contributed by atoms with Gasteiger partial charge in [-0.2, -0.15) is 0 Å². The molecule has 0 bridgehead atoms. The minimum atomic E-state index is -0.458. The number of carbonyl (C=O) groups is 2. The minimum absolute atomic E-state index is 0.0883. The maximum atomic E-state index is 12.1. The number of nitrogens with one attached hydrogen (secondary N) is 2. The molecular weight excluding hydrogens is 324 g/mol. The van der Waals surface area contributed by atoms with Crippen molar-refractivity contribution < 1.29 is 24.2 Å². The van der Waals surface area contributed by atoms with Crippen molar-refractivity contribution in [2.24, 2.45) is 0 Å². The molecule has 0 fully saturated rings. The number of esters is 1. The van der Waals surface area contributed by atoms with Crippen molar-refractivity contribution in [1.82, 2.24) is 0 Å². The summed E-state index contributed by atoms with van der Waals surface area (Å²) in [6, 6.07) is 12.8. The summed E-state index contributed by atoms with van der Waals surface area (Å²) in [4.78, 5) is 23.8. The summed E-state index contributed by atoms with van der Waals surface area (Å²) in [7, 11) is 0. The summed E-state index contributed by atoms with van der Waals surface area (Å²) in [5, 5.41) is 14.1. The van der Waals surface area contributed by atoms with Gasteiger partial charge in [0, 0.05) is 17.4 Å². The van der Waals surface area contributed by atoms with Gasteiger partial charge in [0.1, 0.15) is 12.4 Å². The second-order valence-corrected chi connectivity index (χ2v) is 4.98. The molecule has 0 aliphatic heterocycles. The quantitative estimate of drug-likeness (QED) is 0.671. The van der Waals surface area contributed by atoms with Crippen LogP contribution < -0.4 is 15.4 Å². The highest BCUT2D eigenvalue weighted by molar-refractivity contribution is 6.00. The lowest BCUT2D eigenvalue weighted by Gasteiger charge is -2.10. The first-order chi connectivity index (χ1) is 12.1. The van der Waals surface area contributed by atoms with Crippen LogP contribution in [0.15, 0.2) is 48.5 Å². The molecule has 25 heavy (non-hydrogen) atoms. The molecule has 0 aliphatic rings. The molecule has 3 N–H and O–H groups in total. The summed E-state index contributed by atoms with van der Waals surface area (Å²) in [5.41, 5.74) is 1.37. The summed E-state index contributed by atoms with van der Waals surface area (Å²) >= 11 is 0. The molecule has 0 aromatic heterocycles. The van der Waals surface area contributed by atoms with Gasteiger partial charge in [-0.3, -0.25) is 0 Å². The van der Waals surface area contributed by atoms with E-state index in [9.17, 15) is 9.59 Å². The normalized spacial score (nSPS) is 10.0. The van der Waals surface area contributed by atoms with Gasteiger partial charge < -0.3 is 25.2 Å². The first kappa shape index (κ1) is 18.3. The fraction of sp³-hybridized carbons (Fsp3) is 0.222. The van der Waals surface area contributed by atoms with Crippen molar-refractivity contribution in [3.05, 3.63) is 54.1 Å². The number of hydrogen-bond donors (Lipinski definition) is 3. The molecular formula is C18H20N2O5. The van der Waals surface area contributed by atoms with Gasteiger partial charge >= 0.3 is 12.0 Å². The van der Waals surface area contributed by atoms with Crippen LogP contribution in [0.2, 0.25) is 0 Å². The van der Waals surface area contributed by atoms with Gasteiger partial charge in [0.05, 0.1) is 18.8 Å². The van der Waals surface area contributed by atoms with Gasteiger partial charge in [0.15, 0.2) is 0 Å². The zero-order chi connectivity index (χ0) is 18.1. The summed E-state index contributed by atoms with van der Waals surface area (Å²) in [5.74, 6) is 0.0939. The van der Waals surface area contributed by atoms with E-state index in [2.05, 4.69) is 10.6 Å². The van der Waals surface area contributed by atoms with Crippen LogP contribution in [0.5, 0.6) is 5.75 Å². The molecule has 0 radical (unpaired) electrons. The third-order valence-electron chi connectivity index (χ3n) is 3.08. The monoisotopic (exact) mass is 344 g/mol. The average Bonchev–Trinajstić information content (AvgIpc) is 2.60. The second kappa shape index (κ2) is 9.29. The van der Waals surface area contributed by atoms with Crippen molar-refractivity contribution in [2.45, 2.75) is 6.92 Å². The van der Waals surface area contributed by atoms with E-state index in [1.54, 1.807) is 55.5 Å². The van der Waals surface area contributed by atoms with Crippen LogP contribution in [-0.4, -0.2) is 36.9 Å². The van der Waals surface area contributed by atoms with Crippen molar-refractivity contribution >= 4 is 23.4 Å². The Kier molecular flexibility index (Phi) is 6.79. The number of ether oxygens (including phenoxy) is 2. The molecule has 2 aromatic carbocycles. The zero-order valence-corrected chi connectivity index (χ0v) is 13.8. The highest BCUT2D eigenvalue weighted by Crippen LogP contribution is 2.18. The number of amides is 2. The standard InChI is InChI=1S/C18H20N2O5/c1-2-24-17(22)13-5-3-6-14(11-13)19-18(23)20-15-7-4-8-16(12-15)25-10-9-21/h3-8,11-12,21H,2,9-10H2,1H3,(H2,19,20,23). The molecule has 2 amide bonds. The Labute approximate surface area is 145 Å². The maximum absolute atomic E-state index is 12.1. The first-order valence-corrected chi connectivity index (χ1v) is 7.81. The van der Waals surface area contributed by atoms with Crippen LogP contribution in [0.3, 0.4) is 0 Å². The Balaban J connectivity index is 1.98. The Morgan fingerprint density at radius 3 is 2.40 bits per heavy atom. The maximum Gasteiger partial charge on any atom is 0.338 e. The summed E-state index contributed by atoms with van der Waals surface area (Å²) in [6.45, 7) is 2.10. The van der Waals surface area contributed by atoms with Gasteiger partial charge in [-0.25, -0.2) is 9.59 Å². The van der Waals surface area contributed by atoms with Crippen LogP contribution in [0, 0.1) is 0 Å². The molecule has 2 aromatic rings. The smallest absolute Gasteiger partial charge is 0.338 e. The molecule has 7 nitrogen and oxygen atoms in total. The molecule has 0 aliphatic carbocycles.